The van der Waals surface area contributed by atoms with Gasteiger partial charge >= 0.3 is 0 Å². The van der Waals surface area contributed by atoms with E-state index in [0.717, 1.165) is 40.4 Å². The lowest BCUT2D eigenvalue weighted by atomic mass is 9.68. The number of rotatable bonds is 4. The molecule has 14 rings (SSSR count). The summed E-state index contributed by atoms with van der Waals surface area (Å²) in [5, 5.41) is 2.53. The molecular weight excluding hydrogens is 805 g/mol. The lowest BCUT2D eigenvalue weighted by Crippen LogP contribution is -2.26. The van der Waals surface area contributed by atoms with Crippen molar-refractivity contribution in [2.75, 3.05) is 0 Å². The summed E-state index contributed by atoms with van der Waals surface area (Å²) in [6.45, 7) is 0. The van der Waals surface area contributed by atoms with Gasteiger partial charge in [-0.3, -0.25) is 0 Å². The van der Waals surface area contributed by atoms with Gasteiger partial charge in [-0.1, -0.05) is 194 Å². The number of nitrogens with zero attached hydrogens (tertiary/aromatic N) is 2. The van der Waals surface area contributed by atoms with E-state index in [-0.39, 0.29) is 5.92 Å². The first kappa shape index (κ1) is 36.7. The summed E-state index contributed by atoms with van der Waals surface area (Å²) >= 11 is 1.85. The number of hydrogen-bond acceptors (Lipinski definition) is 3. The summed E-state index contributed by atoms with van der Waals surface area (Å²) in [6.07, 6.45) is 3.86. The van der Waals surface area contributed by atoms with E-state index in [1.165, 1.54) is 92.5 Å². The van der Waals surface area contributed by atoms with Crippen LogP contribution in [0.3, 0.4) is 0 Å². The second-order valence-electron chi connectivity index (χ2n) is 17.8. The highest BCUT2D eigenvalue weighted by molar-refractivity contribution is 7.26. The summed E-state index contributed by atoms with van der Waals surface area (Å²) in [6, 6.07) is 76.6. The largest absolute Gasteiger partial charge is 0.232 e. The lowest BCUT2D eigenvalue weighted by molar-refractivity contribution is 0.777. The zero-order valence-corrected chi connectivity index (χ0v) is 36.3. The van der Waals surface area contributed by atoms with Gasteiger partial charge < -0.3 is 0 Å². The third-order valence-electron chi connectivity index (χ3n) is 14.6. The zero-order valence-electron chi connectivity index (χ0n) is 35.5. The summed E-state index contributed by atoms with van der Waals surface area (Å²) < 4.78 is 2.49. The molecule has 1 atom stereocenters. The van der Waals surface area contributed by atoms with E-state index < -0.39 is 5.41 Å². The second-order valence-corrected chi connectivity index (χ2v) is 18.9. The Morgan fingerprint density at radius 3 is 1.85 bits per heavy atom. The van der Waals surface area contributed by atoms with Crippen molar-refractivity contribution in [2.45, 2.75) is 24.2 Å². The van der Waals surface area contributed by atoms with Crippen molar-refractivity contribution in [1.29, 1.82) is 0 Å². The number of hydrogen-bond donors (Lipinski definition) is 0. The number of benzene rings is 9. The predicted octanol–water partition coefficient (Wildman–Crippen LogP) is 15.4. The molecule has 1 aliphatic heterocycles. The van der Waals surface area contributed by atoms with Crippen LogP contribution in [0.15, 0.2) is 222 Å². The Kier molecular flexibility index (Phi) is 7.99. The van der Waals surface area contributed by atoms with E-state index in [4.69, 9.17) is 9.98 Å². The molecule has 3 heteroatoms. The van der Waals surface area contributed by atoms with Crippen molar-refractivity contribution in [3.8, 4) is 33.4 Å². The van der Waals surface area contributed by atoms with E-state index in [1.54, 1.807) is 0 Å². The Hall–Kier alpha value is -7.72. The molecule has 9 aromatic carbocycles. The number of thiophene rings is 1. The van der Waals surface area contributed by atoms with Gasteiger partial charge in [0.1, 0.15) is 0 Å². The van der Waals surface area contributed by atoms with Gasteiger partial charge in [0.2, 0.25) is 0 Å². The Morgan fingerprint density at radius 2 is 1.09 bits per heavy atom. The molecule has 0 bridgehead atoms. The smallest absolute Gasteiger partial charge is 0.161 e. The van der Waals surface area contributed by atoms with Crippen LogP contribution in [0.25, 0.3) is 59.3 Å². The van der Waals surface area contributed by atoms with Crippen molar-refractivity contribution in [2.24, 2.45) is 9.98 Å². The molecule has 4 aliphatic rings. The quantitative estimate of drug-likeness (QED) is 0.169. The predicted molar refractivity (Wildman–Crippen MR) is 272 cm³/mol. The second kappa shape index (κ2) is 14.1. The van der Waals surface area contributed by atoms with Crippen LogP contribution in [-0.2, 0) is 11.8 Å². The molecule has 2 nitrogen and oxygen atoms in total. The summed E-state index contributed by atoms with van der Waals surface area (Å²) in [7, 11) is 0. The molecule has 0 fully saturated rings. The molecule has 65 heavy (non-hydrogen) atoms. The molecule has 3 aliphatic carbocycles. The Bertz CT molecular complexity index is 3670. The van der Waals surface area contributed by atoms with Gasteiger partial charge in [-0.2, -0.15) is 0 Å². The highest BCUT2D eigenvalue weighted by atomic mass is 32.1. The molecule has 0 N–H and O–H groups in total. The van der Waals surface area contributed by atoms with Gasteiger partial charge in [-0.05, 0) is 108 Å². The van der Waals surface area contributed by atoms with Gasteiger partial charge in [0.15, 0.2) is 5.84 Å². The first-order valence-electron chi connectivity index (χ1n) is 22.7. The van der Waals surface area contributed by atoms with Gasteiger partial charge in [-0.15, -0.1) is 11.3 Å². The third-order valence-corrected chi connectivity index (χ3v) is 15.8. The molecule has 0 amide bonds. The van der Waals surface area contributed by atoms with Gasteiger partial charge in [0, 0.05) is 38.1 Å². The zero-order chi connectivity index (χ0) is 42.6. The van der Waals surface area contributed by atoms with E-state index in [1.807, 2.05) is 11.3 Å². The molecule has 304 valence electrons. The van der Waals surface area contributed by atoms with Crippen LogP contribution in [0.1, 0.15) is 68.0 Å². The molecule has 0 radical (unpaired) electrons. The maximum Gasteiger partial charge on any atom is 0.161 e. The maximum absolute atomic E-state index is 5.38. The van der Waals surface area contributed by atoms with Crippen LogP contribution < -0.4 is 0 Å². The normalized spacial score (nSPS) is 16.1. The Morgan fingerprint density at radius 1 is 0.462 bits per heavy atom. The monoisotopic (exact) mass is 844 g/mol. The molecule has 0 saturated carbocycles. The number of fused-ring (bicyclic) bond motifs is 17. The minimum atomic E-state index is -0.390. The van der Waals surface area contributed by atoms with Crippen LogP contribution in [0.4, 0.5) is 0 Å². The lowest BCUT2D eigenvalue weighted by Gasteiger charge is -2.33. The minimum Gasteiger partial charge on any atom is -0.232 e. The average molecular weight is 845 g/mol. The molecule has 1 unspecified atom stereocenters. The van der Waals surface area contributed by atoms with Crippen LogP contribution in [0, 0.1) is 0 Å². The van der Waals surface area contributed by atoms with E-state index in [9.17, 15) is 0 Å². The fraction of sp³-hybridized carbons (Fsp3) is 0.0645. The Labute approximate surface area is 382 Å². The van der Waals surface area contributed by atoms with Crippen LogP contribution in [-0.4, -0.2) is 11.5 Å². The standard InChI is InChI=1S/C62H40N2S/c1-3-16-38(17-4-1)55-33-34-56(39-18-5-2-6-19-39)64-61(63-55)48-26-15-25-46-50-37-41(30-35-57(50)65-60(46)48)49-36-40-20-7-8-21-42(40)45-31-32-54-59(58(45)49)47-24-11-14-29-53(47)62(54)51-27-12-9-22-43(51)44-23-10-13-28-52(44)62/h1-33,35,37,49H,34,36H2. The molecule has 10 aromatic rings. The van der Waals surface area contributed by atoms with Crippen molar-refractivity contribution < 1.29 is 0 Å². The van der Waals surface area contributed by atoms with Crippen molar-refractivity contribution in [3.63, 3.8) is 0 Å². The number of aliphatic imine (C=N–C) groups is 2. The van der Waals surface area contributed by atoms with Gasteiger partial charge in [0.25, 0.3) is 0 Å². The molecule has 1 aromatic heterocycles. The Balaban J connectivity index is 0.974. The van der Waals surface area contributed by atoms with Crippen molar-refractivity contribution >= 4 is 48.8 Å². The summed E-state index contributed by atoms with van der Waals surface area (Å²) in [5.74, 6) is 0.903. The fourth-order valence-electron chi connectivity index (χ4n) is 11.9. The highest BCUT2D eigenvalue weighted by Crippen LogP contribution is 2.65. The number of amidine groups is 1. The molecular formula is C62H40N2S. The fourth-order valence-corrected chi connectivity index (χ4v) is 13.1. The number of allylic oxidation sites excluding steroid dienone is 1. The first-order chi connectivity index (χ1) is 32.2. The van der Waals surface area contributed by atoms with Crippen molar-refractivity contribution in [1.82, 2.24) is 0 Å². The summed E-state index contributed by atoms with van der Waals surface area (Å²) in [5.41, 5.74) is 22.7. The molecule has 0 saturated heterocycles. The van der Waals surface area contributed by atoms with Crippen LogP contribution in [0.2, 0.25) is 0 Å². The molecule has 2 heterocycles. The highest BCUT2D eigenvalue weighted by Gasteiger charge is 2.53. The van der Waals surface area contributed by atoms with E-state index >= 15 is 0 Å². The summed E-state index contributed by atoms with van der Waals surface area (Å²) in [4.78, 5) is 10.7. The SMILES string of the molecule is C1=C(c2ccccc2)N=C(c2cccc3c2sc2ccc(C4Cc5ccccc5-c5ccc6c(c54)-c4ccccc4C64c5ccccc5-c5ccccc54)cc23)N=C(c2ccccc2)C1. The molecule has 1 spiro atoms. The topological polar surface area (TPSA) is 24.7 Å². The third kappa shape index (κ3) is 5.28. The van der Waals surface area contributed by atoms with Crippen molar-refractivity contribution in [3.05, 3.63) is 268 Å². The maximum atomic E-state index is 5.38. The van der Waals surface area contributed by atoms with Gasteiger partial charge in [0.05, 0.1) is 16.8 Å². The first-order valence-corrected chi connectivity index (χ1v) is 23.5. The minimum absolute atomic E-state index is 0.148. The van der Waals surface area contributed by atoms with E-state index in [2.05, 4.69) is 212 Å². The van der Waals surface area contributed by atoms with Gasteiger partial charge in [-0.25, -0.2) is 9.98 Å². The van der Waals surface area contributed by atoms with Crippen LogP contribution in [0.5, 0.6) is 0 Å². The van der Waals surface area contributed by atoms with Crippen LogP contribution >= 0.6 is 11.3 Å². The van der Waals surface area contributed by atoms with E-state index in [0.29, 0.717) is 6.42 Å². The average Bonchev–Trinajstić information content (AvgIpc) is 3.93.